The van der Waals surface area contributed by atoms with Crippen molar-refractivity contribution in [1.29, 1.82) is 0 Å². The summed E-state index contributed by atoms with van der Waals surface area (Å²) in [5, 5.41) is 9.37. The molecule has 6 heteroatoms. The van der Waals surface area contributed by atoms with Crippen molar-refractivity contribution in [2.24, 2.45) is 0 Å². The third-order valence-corrected chi connectivity index (χ3v) is 5.52. The molecule has 0 amide bonds. The lowest BCUT2D eigenvalue weighted by molar-refractivity contribution is 0.378. The van der Waals surface area contributed by atoms with Crippen molar-refractivity contribution in [1.82, 2.24) is 4.31 Å². The molecule has 3 N–H and O–H groups in total. The highest BCUT2D eigenvalue weighted by molar-refractivity contribution is 7.76. The molecule has 0 aliphatic heterocycles. The molecule has 150 valence electrons. The molecular weight excluding hydrogens is 348 g/mol. The molecule has 0 aliphatic carbocycles. The van der Waals surface area contributed by atoms with Crippen LogP contribution in [-0.2, 0) is 17.7 Å². The Bertz CT molecular complexity index is 526. The maximum atomic E-state index is 11.4. The average Bonchev–Trinajstić information content (AvgIpc) is 2.60. The van der Waals surface area contributed by atoms with E-state index in [-0.39, 0.29) is 5.75 Å². The lowest BCUT2D eigenvalue weighted by atomic mass is 10.1. The summed E-state index contributed by atoms with van der Waals surface area (Å²) in [5.74, 6) is 0.126. The predicted molar refractivity (Wildman–Crippen MR) is 109 cm³/mol. The minimum atomic E-state index is -2.21. The Morgan fingerprint density at radius 1 is 1.00 bits per heavy atom. The number of hydrogen-bond acceptors (Lipinski definition) is 4. The quantitative estimate of drug-likeness (QED) is 0.264. The van der Waals surface area contributed by atoms with Gasteiger partial charge in [-0.25, -0.2) is 4.31 Å². The van der Waals surface area contributed by atoms with Crippen LogP contribution in [0.3, 0.4) is 0 Å². The van der Waals surface area contributed by atoms with E-state index < -0.39 is 11.3 Å². The third kappa shape index (κ3) is 10.1. The van der Waals surface area contributed by atoms with Crippen LogP contribution in [0.1, 0.15) is 76.7 Å². The molecule has 26 heavy (non-hydrogen) atoms. The van der Waals surface area contributed by atoms with E-state index in [4.69, 9.17) is 5.73 Å². The van der Waals surface area contributed by atoms with Gasteiger partial charge in [-0.3, -0.25) is 4.21 Å². The number of phenolic OH excluding ortho intramolecular Hbond substituents is 1. The molecule has 1 rings (SSSR count). The Morgan fingerprint density at radius 2 is 1.58 bits per heavy atom. The van der Waals surface area contributed by atoms with Crippen LogP contribution in [0.5, 0.6) is 5.75 Å². The average molecular weight is 384 g/mol. The maximum Gasteiger partial charge on any atom is 0.117 e. The third-order valence-electron chi connectivity index (χ3n) is 4.73. The summed E-state index contributed by atoms with van der Waals surface area (Å²) in [5.41, 5.74) is 7.22. The van der Waals surface area contributed by atoms with Crippen LogP contribution in [0.15, 0.2) is 18.2 Å². The Labute approximate surface area is 161 Å². The van der Waals surface area contributed by atoms with Gasteiger partial charge in [0.25, 0.3) is 0 Å². The molecule has 0 fully saturated rings. The minimum Gasteiger partial charge on any atom is -0.760 e. The van der Waals surface area contributed by atoms with Crippen LogP contribution < -0.4 is 5.73 Å². The number of phenols is 1. The monoisotopic (exact) mass is 383 g/mol. The number of nitrogen functional groups attached to an aromatic ring is 1. The van der Waals surface area contributed by atoms with E-state index in [0.717, 1.165) is 18.4 Å². The van der Waals surface area contributed by atoms with E-state index in [9.17, 15) is 13.9 Å². The van der Waals surface area contributed by atoms with Crippen molar-refractivity contribution >= 4 is 17.0 Å². The molecule has 0 aliphatic rings. The fourth-order valence-corrected chi connectivity index (χ4v) is 3.61. The molecule has 0 saturated carbocycles. The van der Waals surface area contributed by atoms with Gasteiger partial charge in [-0.05, 0) is 24.5 Å². The molecule has 0 heterocycles. The SMILES string of the molecule is CCCCCCCCCCCCN(CCc1ccc(O)cc1N)S(=O)[O-]. The number of hydrogen-bond donors (Lipinski definition) is 2. The van der Waals surface area contributed by atoms with Gasteiger partial charge in [0.1, 0.15) is 5.75 Å². The van der Waals surface area contributed by atoms with E-state index in [1.807, 2.05) is 0 Å². The summed E-state index contributed by atoms with van der Waals surface area (Å²) in [6.45, 7) is 3.21. The first-order chi connectivity index (χ1) is 12.5. The van der Waals surface area contributed by atoms with Gasteiger partial charge < -0.3 is 15.4 Å². The Kier molecular flexibility index (Phi) is 12.4. The number of anilines is 1. The first-order valence-electron chi connectivity index (χ1n) is 9.96. The van der Waals surface area contributed by atoms with Crippen molar-refractivity contribution in [3.05, 3.63) is 23.8 Å². The van der Waals surface area contributed by atoms with Gasteiger partial charge in [-0.2, -0.15) is 0 Å². The van der Waals surface area contributed by atoms with Gasteiger partial charge >= 0.3 is 0 Å². The number of aromatic hydroxyl groups is 1. The van der Waals surface area contributed by atoms with Crippen molar-refractivity contribution in [3.8, 4) is 5.75 Å². The van der Waals surface area contributed by atoms with Gasteiger partial charge in [0.15, 0.2) is 0 Å². The lowest BCUT2D eigenvalue weighted by Gasteiger charge is -2.24. The lowest BCUT2D eigenvalue weighted by Crippen LogP contribution is -2.29. The highest BCUT2D eigenvalue weighted by atomic mass is 32.2. The zero-order valence-electron chi connectivity index (χ0n) is 16.1. The summed E-state index contributed by atoms with van der Waals surface area (Å²) < 4.78 is 24.3. The minimum absolute atomic E-state index is 0.126. The number of nitrogens with two attached hydrogens (primary N) is 1. The van der Waals surface area contributed by atoms with Crippen LogP contribution in [0, 0.1) is 0 Å². The van der Waals surface area contributed by atoms with Crippen LogP contribution in [-0.4, -0.2) is 31.3 Å². The molecule has 1 atom stereocenters. The number of rotatable bonds is 15. The summed E-state index contributed by atoms with van der Waals surface area (Å²) in [4.78, 5) is 0. The number of benzene rings is 1. The number of nitrogens with zero attached hydrogens (tertiary/aromatic N) is 1. The summed E-state index contributed by atoms with van der Waals surface area (Å²) >= 11 is -2.21. The van der Waals surface area contributed by atoms with E-state index in [1.54, 1.807) is 12.1 Å². The summed E-state index contributed by atoms with van der Waals surface area (Å²) in [6, 6.07) is 4.82. The van der Waals surface area contributed by atoms with Gasteiger partial charge in [0.05, 0.1) is 0 Å². The van der Waals surface area contributed by atoms with Gasteiger partial charge in [-0.1, -0.05) is 70.8 Å². The predicted octanol–water partition coefficient (Wildman–Crippen LogP) is 4.53. The van der Waals surface area contributed by atoms with Crippen molar-refractivity contribution in [2.45, 2.75) is 77.6 Å². The topological polar surface area (TPSA) is 89.6 Å². The summed E-state index contributed by atoms with van der Waals surface area (Å²) in [6.07, 6.45) is 12.9. The van der Waals surface area contributed by atoms with Crippen molar-refractivity contribution in [3.63, 3.8) is 0 Å². The molecule has 1 unspecified atom stereocenters. The molecule has 0 spiro atoms. The van der Waals surface area contributed by atoms with E-state index in [0.29, 0.717) is 25.2 Å². The molecule has 0 bridgehead atoms. The first-order valence-corrected chi connectivity index (χ1v) is 11.0. The van der Waals surface area contributed by atoms with E-state index >= 15 is 0 Å². The van der Waals surface area contributed by atoms with Gasteiger partial charge in [0, 0.05) is 36.1 Å². The first kappa shape index (κ1) is 22.9. The zero-order chi connectivity index (χ0) is 19.2. The normalized spacial score (nSPS) is 12.6. The molecule has 5 nitrogen and oxygen atoms in total. The van der Waals surface area contributed by atoms with Crippen molar-refractivity contribution < 1.29 is 13.9 Å². The summed E-state index contributed by atoms with van der Waals surface area (Å²) in [7, 11) is 0. The van der Waals surface area contributed by atoms with Gasteiger partial charge in [-0.15, -0.1) is 0 Å². The van der Waals surface area contributed by atoms with E-state index in [1.165, 1.54) is 61.7 Å². The van der Waals surface area contributed by atoms with Crippen molar-refractivity contribution in [2.75, 3.05) is 18.8 Å². The highest BCUT2D eigenvalue weighted by Crippen LogP contribution is 2.19. The van der Waals surface area contributed by atoms with Crippen LogP contribution in [0.2, 0.25) is 0 Å². The Morgan fingerprint density at radius 3 is 2.12 bits per heavy atom. The van der Waals surface area contributed by atoms with Crippen LogP contribution in [0.4, 0.5) is 5.69 Å². The van der Waals surface area contributed by atoms with Gasteiger partial charge in [0.2, 0.25) is 0 Å². The molecular formula is C20H35N2O3S-. The zero-order valence-corrected chi connectivity index (χ0v) is 16.9. The molecule has 0 radical (unpaired) electrons. The smallest absolute Gasteiger partial charge is 0.117 e. The second kappa shape index (κ2) is 14.0. The second-order valence-corrected chi connectivity index (χ2v) is 7.91. The molecule has 0 aromatic heterocycles. The number of unbranched alkanes of at least 4 members (excludes halogenated alkanes) is 9. The van der Waals surface area contributed by atoms with E-state index in [2.05, 4.69) is 6.92 Å². The Balaban J connectivity index is 2.16. The molecule has 1 aromatic carbocycles. The molecule has 0 saturated heterocycles. The maximum absolute atomic E-state index is 11.4. The molecule has 1 aromatic rings. The highest BCUT2D eigenvalue weighted by Gasteiger charge is 2.08. The second-order valence-electron chi connectivity index (χ2n) is 6.96. The fraction of sp³-hybridized carbons (Fsp3) is 0.700. The van der Waals surface area contributed by atoms with Crippen LogP contribution >= 0.6 is 0 Å². The van der Waals surface area contributed by atoms with Crippen LogP contribution in [0.25, 0.3) is 0 Å². The largest absolute Gasteiger partial charge is 0.760 e. The standard InChI is InChI=1S/C20H36N2O3S/c1-2-3-4-5-6-7-8-9-10-11-15-22(26(24)25)16-14-18-12-13-19(23)17-20(18)21/h12-13,17,23H,2-11,14-16,21H2,1H3,(H,24,25)/p-1. The fourth-order valence-electron chi connectivity index (χ4n) is 3.09. The Hall–Kier alpha value is -1.11.